The summed E-state index contributed by atoms with van der Waals surface area (Å²) in [7, 11) is -3.11. The second kappa shape index (κ2) is 9.15. The van der Waals surface area contributed by atoms with Crippen molar-refractivity contribution in [2.24, 2.45) is 0 Å². The van der Waals surface area contributed by atoms with Crippen molar-refractivity contribution < 1.29 is 35.9 Å². The van der Waals surface area contributed by atoms with Crippen molar-refractivity contribution in [3.63, 3.8) is 0 Å². The molecule has 4 rings (SSSR count). The van der Waals surface area contributed by atoms with Gasteiger partial charge in [0.25, 0.3) is 16.1 Å². The summed E-state index contributed by atoms with van der Waals surface area (Å²) < 4.78 is 80.1. The molecule has 0 saturated heterocycles. The number of nitrogens with one attached hydrogen (secondary N) is 2. The van der Waals surface area contributed by atoms with Gasteiger partial charge in [-0.15, -0.1) is 0 Å². The Labute approximate surface area is 191 Å². The van der Waals surface area contributed by atoms with Crippen molar-refractivity contribution in [1.29, 1.82) is 0 Å². The molecule has 0 unspecified atom stereocenters. The number of aromatic nitrogens is 2. The molecule has 2 aromatic heterocycles. The van der Waals surface area contributed by atoms with Gasteiger partial charge in [-0.2, -0.15) is 8.42 Å². The lowest BCUT2D eigenvalue weighted by Crippen LogP contribution is -2.37. The minimum Gasteiger partial charge on any atom is -0.435 e. The largest absolute Gasteiger partial charge is 0.435 e. The quantitative estimate of drug-likeness (QED) is 0.517. The molecule has 0 radical (unpaired) electrons. The van der Waals surface area contributed by atoms with Crippen LogP contribution in [0.2, 0.25) is 0 Å². The lowest BCUT2D eigenvalue weighted by Gasteiger charge is -2.27. The van der Waals surface area contributed by atoms with Crippen molar-refractivity contribution in [3.05, 3.63) is 71.4 Å². The van der Waals surface area contributed by atoms with E-state index in [9.17, 15) is 26.4 Å². The van der Waals surface area contributed by atoms with E-state index in [0.717, 1.165) is 30.1 Å². The van der Waals surface area contributed by atoms with Gasteiger partial charge in [-0.3, -0.25) is 14.6 Å². The molecular formula is C20H16F3N5O5S. The summed E-state index contributed by atoms with van der Waals surface area (Å²) in [6, 6.07) is 5.83. The Morgan fingerprint density at radius 1 is 1.18 bits per heavy atom. The summed E-state index contributed by atoms with van der Waals surface area (Å²) in [5.74, 6) is -3.18. The van der Waals surface area contributed by atoms with Gasteiger partial charge in [-0.25, -0.2) is 27.7 Å². The third-order valence-corrected chi connectivity index (χ3v) is 5.69. The monoisotopic (exact) mass is 495 g/mol. The number of amides is 1. The molecule has 34 heavy (non-hydrogen) atoms. The van der Waals surface area contributed by atoms with Crippen LogP contribution < -0.4 is 18.9 Å². The topological polar surface area (TPSA) is 123 Å². The summed E-state index contributed by atoms with van der Waals surface area (Å²) >= 11 is 0. The van der Waals surface area contributed by atoms with Crippen molar-refractivity contribution >= 4 is 22.0 Å². The number of nitrogens with zero attached hydrogens (tertiary/aromatic N) is 3. The number of carbonyl (C=O) groups is 1. The number of benzene rings is 1. The molecule has 1 amide bonds. The number of fused-ring (bicyclic) bond motifs is 1. The predicted molar refractivity (Wildman–Crippen MR) is 112 cm³/mol. The summed E-state index contributed by atoms with van der Waals surface area (Å²) in [4.78, 5) is 21.4. The predicted octanol–water partition coefficient (Wildman–Crippen LogP) is 3.08. The highest BCUT2D eigenvalue weighted by Gasteiger charge is 2.29. The second-order valence-electron chi connectivity index (χ2n) is 6.94. The number of pyridine rings is 2. The molecule has 1 aromatic carbocycles. The first-order chi connectivity index (χ1) is 16.2. The number of hydrogen-bond donors (Lipinski definition) is 2. The van der Waals surface area contributed by atoms with E-state index in [1.807, 2.05) is 4.72 Å². The first kappa shape index (κ1) is 23.3. The lowest BCUT2D eigenvalue weighted by atomic mass is 10.1. The molecule has 1 aliphatic rings. The average Bonchev–Trinajstić information content (AvgIpc) is 2.80. The smallest absolute Gasteiger partial charge is 0.415 e. The van der Waals surface area contributed by atoms with E-state index in [4.69, 9.17) is 9.47 Å². The Bertz CT molecular complexity index is 1370. The van der Waals surface area contributed by atoms with Gasteiger partial charge in [0.15, 0.2) is 23.1 Å². The maximum atomic E-state index is 14.8. The SMILES string of the molecule is CNS(=O)(=O)Nc1c(F)ccc(CN2Cc3ncc(Oc4ncccc4F)cc3OC2=O)c1F. The van der Waals surface area contributed by atoms with E-state index >= 15 is 0 Å². The summed E-state index contributed by atoms with van der Waals surface area (Å²) in [5.41, 5.74) is -0.757. The van der Waals surface area contributed by atoms with Gasteiger partial charge in [0.05, 0.1) is 19.3 Å². The number of ether oxygens (including phenoxy) is 2. The van der Waals surface area contributed by atoms with Crippen molar-refractivity contribution in [3.8, 4) is 17.4 Å². The maximum Gasteiger partial charge on any atom is 0.415 e. The number of hydrogen-bond acceptors (Lipinski definition) is 7. The number of halogens is 3. The first-order valence-corrected chi connectivity index (χ1v) is 11.1. The molecule has 0 fully saturated rings. The standard InChI is InChI=1S/C20H16F3N5O5S/c1-24-34(30,31)27-18-13(21)5-4-11(17(18)23)9-28-10-15-16(33-20(28)29)7-12(8-26-15)32-19-14(22)3-2-6-25-19/h2-8,24,27H,9-10H2,1H3. The molecule has 10 nitrogen and oxygen atoms in total. The van der Waals surface area contributed by atoms with Gasteiger partial charge in [0, 0.05) is 24.9 Å². The van der Waals surface area contributed by atoms with Gasteiger partial charge < -0.3 is 9.47 Å². The van der Waals surface area contributed by atoms with E-state index in [1.54, 1.807) is 4.72 Å². The highest BCUT2D eigenvalue weighted by atomic mass is 32.2. The molecule has 0 spiro atoms. The number of rotatable bonds is 7. The molecular weight excluding hydrogens is 479 g/mol. The molecule has 1 aliphatic heterocycles. The summed E-state index contributed by atoms with van der Waals surface area (Å²) in [6.45, 7) is -0.460. The highest BCUT2D eigenvalue weighted by molar-refractivity contribution is 7.90. The van der Waals surface area contributed by atoms with Crippen molar-refractivity contribution in [1.82, 2.24) is 19.6 Å². The molecule has 0 aliphatic carbocycles. The summed E-state index contributed by atoms with van der Waals surface area (Å²) in [5, 5.41) is 0. The minimum atomic E-state index is -4.18. The second-order valence-corrected chi connectivity index (χ2v) is 8.56. The minimum absolute atomic E-state index is 0.0529. The van der Waals surface area contributed by atoms with Gasteiger partial charge in [0.2, 0.25) is 0 Å². The van der Waals surface area contributed by atoms with Crippen LogP contribution in [-0.4, -0.2) is 36.4 Å². The Morgan fingerprint density at radius 2 is 1.97 bits per heavy atom. The van der Waals surface area contributed by atoms with Crippen LogP contribution in [-0.2, 0) is 23.3 Å². The van der Waals surface area contributed by atoms with Crippen LogP contribution in [0.25, 0.3) is 0 Å². The fourth-order valence-electron chi connectivity index (χ4n) is 3.00. The van der Waals surface area contributed by atoms with Crippen LogP contribution in [0.15, 0.2) is 42.7 Å². The maximum absolute atomic E-state index is 14.8. The van der Waals surface area contributed by atoms with E-state index in [0.29, 0.717) is 5.69 Å². The molecule has 0 atom stereocenters. The fourth-order valence-corrected chi connectivity index (χ4v) is 3.56. The Kier molecular flexibility index (Phi) is 6.26. The lowest BCUT2D eigenvalue weighted by molar-refractivity contribution is 0.133. The van der Waals surface area contributed by atoms with Gasteiger partial charge in [0.1, 0.15) is 17.2 Å². The van der Waals surface area contributed by atoms with Gasteiger partial charge >= 0.3 is 6.09 Å². The van der Waals surface area contributed by atoms with E-state index in [-0.39, 0.29) is 36.0 Å². The van der Waals surface area contributed by atoms with Crippen LogP contribution >= 0.6 is 0 Å². The van der Waals surface area contributed by atoms with Crippen LogP contribution in [0.3, 0.4) is 0 Å². The van der Waals surface area contributed by atoms with Gasteiger partial charge in [-0.1, -0.05) is 6.07 Å². The summed E-state index contributed by atoms with van der Waals surface area (Å²) in [6.07, 6.45) is 1.75. The van der Waals surface area contributed by atoms with Crippen molar-refractivity contribution in [2.45, 2.75) is 13.1 Å². The normalized spacial score (nSPS) is 13.3. The molecule has 2 N–H and O–H groups in total. The zero-order valence-corrected chi connectivity index (χ0v) is 18.2. The van der Waals surface area contributed by atoms with E-state index < -0.39 is 39.4 Å². The zero-order chi connectivity index (χ0) is 24.5. The molecule has 178 valence electrons. The van der Waals surface area contributed by atoms with Crippen molar-refractivity contribution in [2.75, 3.05) is 11.8 Å². The fraction of sp³-hybridized carbons (Fsp3) is 0.150. The third-order valence-electron chi connectivity index (χ3n) is 4.68. The number of carbonyl (C=O) groups excluding carboxylic acids is 1. The van der Waals surface area contributed by atoms with Crippen LogP contribution in [0.1, 0.15) is 11.3 Å². The molecule has 3 heterocycles. The average molecular weight is 495 g/mol. The first-order valence-electron chi connectivity index (χ1n) is 9.59. The van der Waals surface area contributed by atoms with E-state index in [2.05, 4.69) is 9.97 Å². The molecule has 0 bridgehead atoms. The zero-order valence-electron chi connectivity index (χ0n) is 17.4. The Hall–Kier alpha value is -3.91. The molecule has 3 aromatic rings. The Morgan fingerprint density at radius 3 is 2.71 bits per heavy atom. The van der Waals surface area contributed by atoms with Crippen LogP contribution in [0.5, 0.6) is 17.4 Å². The number of anilines is 1. The third kappa shape index (κ3) is 4.87. The highest BCUT2D eigenvalue weighted by Crippen LogP contribution is 2.32. The molecule has 0 saturated carbocycles. The van der Waals surface area contributed by atoms with E-state index in [1.165, 1.54) is 24.5 Å². The van der Waals surface area contributed by atoms with Crippen LogP contribution in [0, 0.1) is 17.5 Å². The van der Waals surface area contributed by atoms with Gasteiger partial charge in [-0.05, 0) is 18.2 Å². The molecule has 14 heteroatoms. The Balaban J connectivity index is 1.53. The van der Waals surface area contributed by atoms with Crippen LogP contribution in [0.4, 0.5) is 23.7 Å².